The number of aromatic nitrogens is 3. The zero-order valence-electron chi connectivity index (χ0n) is 19.9. The van der Waals surface area contributed by atoms with E-state index in [-0.39, 0.29) is 28.8 Å². The molecule has 2 aromatic heterocycles. The van der Waals surface area contributed by atoms with Gasteiger partial charge < -0.3 is 15.5 Å². The summed E-state index contributed by atoms with van der Waals surface area (Å²) in [4.78, 5) is 36.0. The predicted octanol–water partition coefficient (Wildman–Crippen LogP) is 4.28. The zero-order valence-corrected chi connectivity index (χ0v) is 20.7. The molecule has 202 valence electrons. The summed E-state index contributed by atoms with van der Waals surface area (Å²) < 4.78 is 68.1. The summed E-state index contributed by atoms with van der Waals surface area (Å²) in [5.41, 5.74) is 0.0519. The number of aryl methyl sites for hydroxylation is 1. The van der Waals surface area contributed by atoms with Crippen molar-refractivity contribution in [1.82, 2.24) is 24.1 Å². The highest BCUT2D eigenvalue weighted by Gasteiger charge is 2.33. The van der Waals surface area contributed by atoms with Crippen LogP contribution in [-0.4, -0.2) is 75.1 Å². The fourth-order valence-electron chi connectivity index (χ4n) is 3.80. The van der Waals surface area contributed by atoms with Crippen molar-refractivity contribution in [2.75, 3.05) is 43.4 Å². The highest BCUT2D eigenvalue weighted by Crippen LogP contribution is 2.31. The second kappa shape index (κ2) is 11.3. The van der Waals surface area contributed by atoms with Crippen molar-refractivity contribution >= 4 is 39.9 Å². The average Bonchev–Trinajstić information content (AvgIpc) is 3.23. The minimum Gasteiger partial charge on any atom is -0.336 e. The zero-order chi connectivity index (χ0) is 27.4. The Labute approximate surface area is 217 Å². The summed E-state index contributed by atoms with van der Waals surface area (Å²) in [6.07, 6.45) is -5.40. The van der Waals surface area contributed by atoms with E-state index in [0.717, 1.165) is 17.7 Å². The molecule has 0 radical (unpaired) electrons. The van der Waals surface area contributed by atoms with Gasteiger partial charge in [0.05, 0.1) is 30.2 Å². The fraction of sp³-hybridized carbons (Fsp3) is 0.348. The van der Waals surface area contributed by atoms with Crippen LogP contribution < -0.4 is 10.6 Å². The minimum atomic E-state index is -4.68. The maximum absolute atomic E-state index is 13.0. The first-order valence-electron chi connectivity index (χ1n) is 11.3. The van der Waals surface area contributed by atoms with Gasteiger partial charge in [-0.05, 0) is 42.7 Å². The molecule has 3 heterocycles. The molecule has 1 saturated heterocycles. The van der Waals surface area contributed by atoms with E-state index in [2.05, 4.69) is 25.0 Å². The van der Waals surface area contributed by atoms with E-state index in [1.165, 1.54) is 0 Å². The van der Waals surface area contributed by atoms with Gasteiger partial charge >= 0.3 is 6.18 Å². The lowest BCUT2D eigenvalue weighted by molar-refractivity contribution is -0.141. The minimum absolute atomic E-state index is 0.121. The quantitative estimate of drug-likeness (QED) is 0.420. The van der Waals surface area contributed by atoms with E-state index in [4.69, 9.17) is 0 Å². The molecule has 0 saturated carbocycles. The van der Waals surface area contributed by atoms with E-state index < -0.39 is 24.2 Å². The summed E-state index contributed by atoms with van der Waals surface area (Å²) in [5.74, 6) is -1.01. The Balaban J connectivity index is 1.40. The molecule has 1 aromatic carbocycles. The van der Waals surface area contributed by atoms with Gasteiger partial charge in [-0.2, -0.15) is 17.5 Å². The van der Waals surface area contributed by atoms with Crippen LogP contribution >= 0.6 is 11.5 Å². The number of nitrogens with zero attached hydrogens (tertiary/aromatic N) is 5. The highest BCUT2D eigenvalue weighted by molar-refractivity contribution is 7.10. The van der Waals surface area contributed by atoms with E-state index in [1.807, 2.05) is 0 Å². The third-order valence-corrected chi connectivity index (χ3v) is 6.56. The van der Waals surface area contributed by atoms with Gasteiger partial charge in [-0.1, -0.05) is 0 Å². The van der Waals surface area contributed by atoms with Crippen molar-refractivity contribution in [3.05, 3.63) is 59.2 Å². The number of rotatable bonds is 7. The number of hydrogen-bond donors (Lipinski definition) is 2. The lowest BCUT2D eigenvalue weighted by Crippen LogP contribution is -2.49. The number of carbonyl (C=O) groups is 2. The van der Waals surface area contributed by atoms with Gasteiger partial charge in [-0.15, -0.1) is 0 Å². The predicted molar refractivity (Wildman–Crippen MR) is 130 cm³/mol. The van der Waals surface area contributed by atoms with Crippen molar-refractivity contribution in [2.45, 2.75) is 19.5 Å². The third-order valence-electron chi connectivity index (χ3n) is 5.70. The third kappa shape index (κ3) is 6.58. The van der Waals surface area contributed by atoms with Crippen LogP contribution in [0.15, 0.2) is 36.7 Å². The number of benzene rings is 1. The number of amides is 2. The van der Waals surface area contributed by atoms with Crippen molar-refractivity contribution in [1.29, 1.82) is 0 Å². The number of hydrogen-bond acceptors (Lipinski definition) is 8. The Morgan fingerprint density at radius 3 is 2.39 bits per heavy atom. The van der Waals surface area contributed by atoms with Crippen LogP contribution in [0.3, 0.4) is 0 Å². The number of carbonyl (C=O) groups excluding carboxylic acids is 2. The number of piperazine rings is 1. The Bertz CT molecular complexity index is 1290. The molecule has 3 aromatic rings. The number of alkyl halides is 5. The number of halogens is 5. The molecular weight excluding hydrogens is 533 g/mol. The molecule has 0 bridgehead atoms. The largest absolute Gasteiger partial charge is 0.434 e. The molecule has 0 unspecified atom stereocenters. The second-order valence-electron chi connectivity index (χ2n) is 8.40. The van der Waals surface area contributed by atoms with Crippen LogP contribution in [-0.2, 0) is 6.18 Å². The van der Waals surface area contributed by atoms with Crippen LogP contribution in [0.4, 0.5) is 38.5 Å². The Kier molecular flexibility index (Phi) is 8.16. The van der Waals surface area contributed by atoms with Gasteiger partial charge in [0.25, 0.3) is 18.2 Å². The molecule has 2 N–H and O–H groups in total. The second-order valence-corrected chi connectivity index (χ2v) is 9.17. The molecule has 1 fully saturated rings. The number of anilines is 3. The van der Waals surface area contributed by atoms with E-state index in [9.17, 15) is 31.5 Å². The first-order chi connectivity index (χ1) is 18.0. The maximum Gasteiger partial charge on any atom is 0.434 e. The van der Waals surface area contributed by atoms with E-state index in [1.54, 1.807) is 41.0 Å². The monoisotopic (exact) mass is 555 g/mol. The van der Waals surface area contributed by atoms with E-state index >= 15 is 0 Å². The highest BCUT2D eigenvalue weighted by atomic mass is 32.1. The summed E-state index contributed by atoms with van der Waals surface area (Å²) in [6.45, 7) is 2.65. The van der Waals surface area contributed by atoms with Gasteiger partial charge in [0.15, 0.2) is 5.69 Å². The molecular formula is C23H22F5N7O2S. The number of nitrogens with one attached hydrogen (secondary N) is 2. The van der Waals surface area contributed by atoms with Gasteiger partial charge in [-0.25, -0.2) is 13.8 Å². The maximum atomic E-state index is 13.0. The van der Waals surface area contributed by atoms with Crippen molar-refractivity contribution in [3.63, 3.8) is 0 Å². The molecule has 0 spiro atoms. The lowest BCUT2D eigenvalue weighted by atomic mass is 10.1. The van der Waals surface area contributed by atoms with Gasteiger partial charge in [-0.3, -0.25) is 19.5 Å². The first kappa shape index (κ1) is 27.3. The van der Waals surface area contributed by atoms with E-state index in [0.29, 0.717) is 49.3 Å². The normalized spacial score (nSPS) is 14.6. The van der Waals surface area contributed by atoms with Crippen LogP contribution in [0.5, 0.6) is 0 Å². The van der Waals surface area contributed by atoms with Crippen LogP contribution in [0.1, 0.15) is 32.1 Å². The summed E-state index contributed by atoms with van der Waals surface area (Å²) in [7, 11) is 0. The molecule has 4 rings (SSSR count). The van der Waals surface area contributed by atoms with Crippen LogP contribution in [0.2, 0.25) is 0 Å². The molecule has 1 aliphatic heterocycles. The standard InChI is InChI=1S/C23H22F5N7O2S/c1-13-19(21(38-33-13)32-18-11-29-10-16(31-18)23(26,27)28)20(36)30-15-4-2-14(3-5-15)22(37)35-8-6-34(7-9-35)12-17(24)25/h2-5,10-11,17H,6-9,12H2,1H3,(H,30,36)(H,31,32). The van der Waals surface area contributed by atoms with Gasteiger partial charge in [0.2, 0.25) is 0 Å². The summed E-state index contributed by atoms with van der Waals surface area (Å²) >= 11 is 0.882. The molecule has 0 aliphatic carbocycles. The van der Waals surface area contributed by atoms with Crippen molar-refractivity contribution in [3.8, 4) is 0 Å². The van der Waals surface area contributed by atoms with Gasteiger partial charge in [0, 0.05) is 37.4 Å². The molecule has 38 heavy (non-hydrogen) atoms. The molecule has 1 aliphatic rings. The first-order valence-corrected chi connectivity index (χ1v) is 12.1. The molecule has 15 heteroatoms. The van der Waals surface area contributed by atoms with Gasteiger partial charge in [0.1, 0.15) is 10.8 Å². The fourth-order valence-corrected chi connectivity index (χ4v) is 4.60. The van der Waals surface area contributed by atoms with Crippen molar-refractivity contribution < 1.29 is 31.5 Å². The van der Waals surface area contributed by atoms with Crippen LogP contribution in [0, 0.1) is 6.92 Å². The summed E-state index contributed by atoms with van der Waals surface area (Å²) in [5, 5.41) is 5.54. The smallest absolute Gasteiger partial charge is 0.336 e. The topological polar surface area (TPSA) is 103 Å². The Morgan fingerprint density at radius 2 is 1.76 bits per heavy atom. The lowest BCUT2D eigenvalue weighted by Gasteiger charge is -2.34. The Hall–Kier alpha value is -3.72. The molecule has 2 amide bonds. The van der Waals surface area contributed by atoms with Crippen LogP contribution in [0.25, 0.3) is 0 Å². The SMILES string of the molecule is Cc1nsc(Nc2cncc(C(F)(F)F)n2)c1C(=O)Nc1ccc(C(=O)N2CCN(CC(F)F)CC2)cc1. The summed E-state index contributed by atoms with van der Waals surface area (Å²) in [6, 6.07) is 6.16. The molecule has 9 nitrogen and oxygen atoms in total. The Morgan fingerprint density at radius 1 is 1.08 bits per heavy atom. The average molecular weight is 556 g/mol. The molecule has 0 atom stereocenters. The van der Waals surface area contributed by atoms with Crippen molar-refractivity contribution in [2.24, 2.45) is 0 Å².